The second-order valence-electron chi connectivity index (χ2n) is 13.3. The van der Waals surface area contributed by atoms with Gasteiger partial charge in [0.25, 0.3) is 0 Å². The first-order valence-corrected chi connectivity index (χ1v) is 17.9. The summed E-state index contributed by atoms with van der Waals surface area (Å²) < 4.78 is 0. The molecule has 0 amide bonds. The Morgan fingerprint density at radius 1 is 0.333 bits per heavy atom. The molecule has 0 aliphatic heterocycles. The number of fused-ring (bicyclic) bond motifs is 8. The summed E-state index contributed by atoms with van der Waals surface area (Å²) in [6.45, 7) is 0. The van der Waals surface area contributed by atoms with Crippen molar-refractivity contribution in [2.75, 3.05) is 0 Å². The van der Waals surface area contributed by atoms with E-state index in [1.807, 2.05) is 84.9 Å². The van der Waals surface area contributed by atoms with E-state index in [0.717, 1.165) is 60.8 Å². The third-order valence-electron chi connectivity index (χ3n) is 10.1. The molecular formula is C49H29N5. The minimum atomic E-state index is 0.591. The van der Waals surface area contributed by atoms with Gasteiger partial charge in [-0.25, -0.2) is 19.9 Å². The molecule has 0 saturated carbocycles. The van der Waals surface area contributed by atoms with Crippen molar-refractivity contribution in [3.05, 3.63) is 181 Å². The Hall–Kier alpha value is -7.55. The molecule has 0 radical (unpaired) electrons. The zero-order valence-electron chi connectivity index (χ0n) is 29.0. The van der Waals surface area contributed by atoms with Crippen LogP contribution < -0.4 is 0 Å². The van der Waals surface area contributed by atoms with Gasteiger partial charge in [-0.05, 0) is 56.9 Å². The zero-order chi connectivity index (χ0) is 36.0. The van der Waals surface area contributed by atoms with Crippen LogP contribution in [0.3, 0.4) is 0 Å². The highest BCUT2D eigenvalue weighted by molar-refractivity contribution is 6.33. The van der Waals surface area contributed by atoms with Crippen LogP contribution in [0.5, 0.6) is 0 Å². The number of aromatic nitrogens is 4. The van der Waals surface area contributed by atoms with Crippen LogP contribution in [0.4, 0.5) is 0 Å². The molecule has 0 fully saturated rings. The van der Waals surface area contributed by atoms with Gasteiger partial charge in [0.05, 0.1) is 22.8 Å². The molecule has 5 heteroatoms. The first-order valence-electron chi connectivity index (χ1n) is 17.9. The number of rotatable bonds is 5. The van der Waals surface area contributed by atoms with Crippen LogP contribution >= 0.6 is 0 Å². The molecule has 8 aromatic carbocycles. The topological polar surface area (TPSA) is 75.3 Å². The molecule has 54 heavy (non-hydrogen) atoms. The van der Waals surface area contributed by atoms with Crippen molar-refractivity contribution in [1.29, 1.82) is 5.26 Å². The average molecular weight is 688 g/mol. The first kappa shape index (κ1) is 31.2. The highest BCUT2D eigenvalue weighted by Gasteiger charge is 2.19. The second-order valence-corrected chi connectivity index (χ2v) is 13.3. The van der Waals surface area contributed by atoms with Gasteiger partial charge in [-0.2, -0.15) is 5.26 Å². The predicted molar refractivity (Wildman–Crippen MR) is 220 cm³/mol. The fraction of sp³-hybridized carbons (Fsp3) is 0. The SMILES string of the molecule is N#Cc1ccc(-c2ccc3c(c2)nc(-c2cccc(-c4nc(-c5ccccc5)nc(-c5ccccc5)n4)c2)c2c4ccccc4c4ccccc4c32)cc1. The largest absolute Gasteiger partial charge is 0.247 e. The maximum atomic E-state index is 9.39. The summed E-state index contributed by atoms with van der Waals surface area (Å²) in [7, 11) is 0. The summed E-state index contributed by atoms with van der Waals surface area (Å²) in [5.74, 6) is 1.83. The van der Waals surface area contributed by atoms with E-state index in [4.69, 9.17) is 19.9 Å². The van der Waals surface area contributed by atoms with Crippen molar-refractivity contribution in [3.8, 4) is 62.6 Å². The van der Waals surface area contributed by atoms with Crippen LogP contribution in [0.15, 0.2) is 176 Å². The number of nitriles is 1. The summed E-state index contributed by atoms with van der Waals surface area (Å²) in [4.78, 5) is 20.5. The number of hydrogen-bond donors (Lipinski definition) is 0. The van der Waals surface area contributed by atoms with Gasteiger partial charge in [-0.15, -0.1) is 0 Å². The van der Waals surface area contributed by atoms with Gasteiger partial charge in [0.2, 0.25) is 0 Å². The molecule has 250 valence electrons. The van der Waals surface area contributed by atoms with E-state index in [9.17, 15) is 5.26 Å². The van der Waals surface area contributed by atoms with Crippen molar-refractivity contribution in [3.63, 3.8) is 0 Å². The van der Waals surface area contributed by atoms with Crippen molar-refractivity contribution < 1.29 is 0 Å². The Bertz CT molecular complexity index is 3040. The van der Waals surface area contributed by atoms with Crippen LogP contribution in [0.25, 0.3) is 99.8 Å². The monoisotopic (exact) mass is 687 g/mol. The lowest BCUT2D eigenvalue weighted by atomic mass is 9.89. The normalized spacial score (nSPS) is 11.3. The standard InChI is InChI=1S/C49H29N5/c50-30-31-22-24-32(25-23-31)35-26-27-42-43(29-35)51-46(45-41-21-10-8-19-39(41)38-18-7-9-20-40(38)44(42)45)36-16-11-17-37(28-36)49-53-47(33-12-3-1-4-13-33)52-48(54-49)34-14-5-2-6-15-34/h1-29H. The molecule has 0 unspecified atom stereocenters. The number of benzene rings is 8. The molecule has 2 aromatic heterocycles. The van der Waals surface area contributed by atoms with Gasteiger partial charge in [0.15, 0.2) is 17.5 Å². The summed E-state index contributed by atoms with van der Waals surface area (Å²) in [6.07, 6.45) is 0. The number of pyridine rings is 1. The lowest BCUT2D eigenvalue weighted by Crippen LogP contribution is -2.00. The summed E-state index contributed by atoms with van der Waals surface area (Å²) in [5.41, 5.74) is 8.17. The van der Waals surface area contributed by atoms with Crippen LogP contribution in [0.2, 0.25) is 0 Å². The summed E-state index contributed by atoms with van der Waals surface area (Å²) >= 11 is 0. The highest BCUT2D eigenvalue weighted by Crippen LogP contribution is 2.43. The van der Waals surface area contributed by atoms with Crippen LogP contribution in [-0.4, -0.2) is 19.9 Å². The maximum Gasteiger partial charge on any atom is 0.164 e. The fourth-order valence-electron chi connectivity index (χ4n) is 7.55. The van der Waals surface area contributed by atoms with Crippen LogP contribution in [0, 0.1) is 11.3 Å². The van der Waals surface area contributed by atoms with Gasteiger partial charge < -0.3 is 0 Å². The van der Waals surface area contributed by atoms with E-state index in [1.54, 1.807) is 0 Å². The molecule has 0 aliphatic rings. The van der Waals surface area contributed by atoms with Crippen molar-refractivity contribution in [2.45, 2.75) is 0 Å². The lowest BCUT2D eigenvalue weighted by molar-refractivity contribution is 1.07. The molecular weight excluding hydrogens is 659 g/mol. The molecule has 10 rings (SSSR count). The summed E-state index contributed by atoms with van der Waals surface area (Å²) in [6, 6.07) is 62.2. The molecule has 0 saturated heterocycles. The van der Waals surface area contributed by atoms with Gasteiger partial charge >= 0.3 is 0 Å². The van der Waals surface area contributed by atoms with E-state index >= 15 is 0 Å². The summed E-state index contributed by atoms with van der Waals surface area (Å²) in [5, 5.41) is 17.5. The average Bonchev–Trinajstić information content (AvgIpc) is 3.26. The lowest BCUT2D eigenvalue weighted by Gasteiger charge is -2.17. The molecule has 5 nitrogen and oxygen atoms in total. The van der Waals surface area contributed by atoms with Crippen LogP contribution in [0.1, 0.15) is 5.56 Å². The predicted octanol–water partition coefficient (Wildman–Crippen LogP) is 12.1. The zero-order valence-corrected chi connectivity index (χ0v) is 29.0. The quantitative estimate of drug-likeness (QED) is 0.168. The van der Waals surface area contributed by atoms with Gasteiger partial charge in [-0.3, -0.25) is 0 Å². The Morgan fingerprint density at radius 3 is 1.44 bits per heavy atom. The van der Waals surface area contributed by atoms with Crippen molar-refractivity contribution in [1.82, 2.24) is 19.9 Å². The Kier molecular flexibility index (Phi) is 7.45. The molecule has 0 bridgehead atoms. The Morgan fingerprint density at radius 2 is 0.833 bits per heavy atom. The smallest absolute Gasteiger partial charge is 0.164 e. The molecule has 0 atom stereocenters. The van der Waals surface area contributed by atoms with E-state index in [-0.39, 0.29) is 0 Å². The maximum absolute atomic E-state index is 9.39. The fourth-order valence-corrected chi connectivity index (χ4v) is 7.55. The molecule has 2 heterocycles. The first-order chi connectivity index (χ1) is 26.7. The Balaban J connectivity index is 1.25. The third kappa shape index (κ3) is 5.33. The number of nitrogens with zero attached hydrogens (tertiary/aromatic N) is 5. The van der Waals surface area contributed by atoms with Gasteiger partial charge in [0.1, 0.15) is 0 Å². The van der Waals surface area contributed by atoms with Crippen LogP contribution in [-0.2, 0) is 0 Å². The molecule has 0 spiro atoms. The van der Waals surface area contributed by atoms with Gasteiger partial charge in [-0.1, -0.05) is 152 Å². The minimum absolute atomic E-state index is 0.591. The molecule has 0 N–H and O–H groups in total. The van der Waals surface area contributed by atoms with E-state index in [1.165, 1.54) is 21.5 Å². The van der Waals surface area contributed by atoms with Crippen molar-refractivity contribution >= 4 is 43.2 Å². The Labute approximate surface area is 311 Å². The second kappa shape index (κ2) is 12.9. The van der Waals surface area contributed by atoms with E-state index in [0.29, 0.717) is 23.0 Å². The van der Waals surface area contributed by atoms with Gasteiger partial charge in [0, 0.05) is 38.4 Å². The number of hydrogen-bond acceptors (Lipinski definition) is 5. The minimum Gasteiger partial charge on any atom is -0.247 e. The molecule has 0 aliphatic carbocycles. The third-order valence-corrected chi connectivity index (χ3v) is 10.1. The van der Waals surface area contributed by atoms with E-state index in [2.05, 4.69) is 97.1 Å². The van der Waals surface area contributed by atoms with Crippen molar-refractivity contribution in [2.24, 2.45) is 0 Å². The van der Waals surface area contributed by atoms with E-state index < -0.39 is 0 Å². The molecule has 10 aromatic rings. The highest BCUT2D eigenvalue weighted by atomic mass is 15.0.